The van der Waals surface area contributed by atoms with Gasteiger partial charge in [0, 0.05) is 10.6 Å². The van der Waals surface area contributed by atoms with Gasteiger partial charge >= 0.3 is 5.97 Å². The average molecular weight is 314 g/mol. The number of benzene rings is 2. The van der Waals surface area contributed by atoms with Gasteiger partial charge in [-0.2, -0.15) is 0 Å². The lowest BCUT2D eigenvalue weighted by Gasteiger charge is -2.07. The molecule has 0 spiro atoms. The third kappa shape index (κ3) is 2.84. The summed E-state index contributed by atoms with van der Waals surface area (Å²) in [4.78, 5) is 11.4. The summed E-state index contributed by atoms with van der Waals surface area (Å²) in [5, 5.41) is 17.7. The van der Waals surface area contributed by atoms with Crippen LogP contribution in [0.1, 0.15) is 16.1 Å². The molecule has 1 N–H and O–H groups in total. The van der Waals surface area contributed by atoms with Gasteiger partial charge in [-0.3, -0.25) is 0 Å². The standard InChI is InChI=1S/C16H12ClN3O2/c17-13-8-6-11(7-9-13)10-20-15(12-4-2-1-3-5-12)14(16(21)22)18-19-20/h1-9H,10H2,(H,21,22). The molecule has 0 atom stereocenters. The predicted octanol–water partition coefficient (Wildman–Crippen LogP) is 3.35. The molecule has 0 aliphatic heterocycles. The fraction of sp³-hybridized carbons (Fsp3) is 0.0625. The molecule has 22 heavy (non-hydrogen) atoms. The molecule has 0 amide bonds. The summed E-state index contributed by atoms with van der Waals surface area (Å²) >= 11 is 5.88. The van der Waals surface area contributed by atoms with E-state index < -0.39 is 5.97 Å². The Hall–Kier alpha value is -2.66. The van der Waals surface area contributed by atoms with Crippen LogP contribution in [-0.2, 0) is 6.54 Å². The first-order valence-electron chi connectivity index (χ1n) is 6.62. The maximum absolute atomic E-state index is 11.4. The number of carboxylic acids is 1. The van der Waals surface area contributed by atoms with Crippen molar-refractivity contribution in [2.45, 2.75) is 6.54 Å². The van der Waals surface area contributed by atoms with Crippen molar-refractivity contribution >= 4 is 17.6 Å². The van der Waals surface area contributed by atoms with E-state index in [1.165, 1.54) is 0 Å². The maximum Gasteiger partial charge on any atom is 0.358 e. The molecule has 3 aromatic rings. The van der Waals surface area contributed by atoms with Crippen LogP contribution in [0, 0.1) is 0 Å². The molecule has 3 rings (SSSR count). The van der Waals surface area contributed by atoms with Gasteiger partial charge in [0.05, 0.1) is 6.54 Å². The van der Waals surface area contributed by atoms with Crippen molar-refractivity contribution in [3.8, 4) is 11.3 Å². The Morgan fingerprint density at radius 3 is 2.41 bits per heavy atom. The minimum atomic E-state index is -1.10. The smallest absolute Gasteiger partial charge is 0.358 e. The monoisotopic (exact) mass is 313 g/mol. The summed E-state index contributed by atoms with van der Waals surface area (Å²) in [6.07, 6.45) is 0. The molecule has 0 saturated heterocycles. The number of halogens is 1. The number of aromatic nitrogens is 3. The summed E-state index contributed by atoms with van der Waals surface area (Å²) in [6, 6.07) is 16.6. The molecule has 1 heterocycles. The quantitative estimate of drug-likeness (QED) is 0.802. The number of aromatic carboxylic acids is 1. The van der Waals surface area contributed by atoms with Gasteiger partial charge in [-0.05, 0) is 17.7 Å². The van der Waals surface area contributed by atoms with E-state index in [0.29, 0.717) is 17.3 Å². The van der Waals surface area contributed by atoms with Crippen molar-refractivity contribution in [2.24, 2.45) is 0 Å². The van der Waals surface area contributed by atoms with E-state index in [0.717, 1.165) is 11.1 Å². The van der Waals surface area contributed by atoms with Crippen molar-refractivity contribution in [3.63, 3.8) is 0 Å². The first-order valence-corrected chi connectivity index (χ1v) is 6.99. The van der Waals surface area contributed by atoms with Crippen molar-refractivity contribution in [3.05, 3.63) is 70.9 Å². The van der Waals surface area contributed by atoms with Crippen LogP contribution in [0.15, 0.2) is 54.6 Å². The van der Waals surface area contributed by atoms with Crippen LogP contribution in [0.2, 0.25) is 5.02 Å². The summed E-state index contributed by atoms with van der Waals surface area (Å²) in [5.74, 6) is -1.10. The van der Waals surface area contributed by atoms with E-state index >= 15 is 0 Å². The number of hydrogen-bond acceptors (Lipinski definition) is 3. The Labute approximate surface area is 131 Å². The number of rotatable bonds is 4. The lowest BCUT2D eigenvalue weighted by Crippen LogP contribution is -2.06. The van der Waals surface area contributed by atoms with Crippen molar-refractivity contribution in [1.29, 1.82) is 0 Å². The van der Waals surface area contributed by atoms with Gasteiger partial charge in [-0.1, -0.05) is 59.3 Å². The van der Waals surface area contributed by atoms with E-state index in [1.54, 1.807) is 16.8 Å². The Bertz CT molecular complexity index is 798. The Morgan fingerprint density at radius 1 is 1.09 bits per heavy atom. The SMILES string of the molecule is O=C(O)c1nnn(Cc2ccc(Cl)cc2)c1-c1ccccc1. The van der Waals surface area contributed by atoms with Gasteiger partial charge in [0.25, 0.3) is 0 Å². The van der Waals surface area contributed by atoms with Crippen LogP contribution in [0.25, 0.3) is 11.3 Å². The zero-order valence-corrected chi connectivity index (χ0v) is 12.2. The van der Waals surface area contributed by atoms with Gasteiger partial charge in [0.2, 0.25) is 0 Å². The second kappa shape index (κ2) is 5.99. The normalized spacial score (nSPS) is 10.6. The third-order valence-electron chi connectivity index (χ3n) is 3.23. The Morgan fingerprint density at radius 2 is 1.77 bits per heavy atom. The Kier molecular flexibility index (Phi) is 3.89. The summed E-state index contributed by atoms with van der Waals surface area (Å²) < 4.78 is 1.59. The van der Waals surface area contributed by atoms with Crippen molar-refractivity contribution < 1.29 is 9.90 Å². The molecule has 0 radical (unpaired) electrons. The summed E-state index contributed by atoms with van der Waals surface area (Å²) in [7, 11) is 0. The lowest BCUT2D eigenvalue weighted by molar-refractivity contribution is 0.0691. The van der Waals surface area contributed by atoms with Gasteiger partial charge in [-0.25, -0.2) is 9.48 Å². The minimum absolute atomic E-state index is 0.0554. The molecule has 1 aromatic heterocycles. The fourth-order valence-electron chi connectivity index (χ4n) is 2.21. The second-order valence-corrected chi connectivity index (χ2v) is 5.18. The van der Waals surface area contributed by atoms with Crippen molar-refractivity contribution in [2.75, 3.05) is 0 Å². The molecule has 0 fully saturated rings. The third-order valence-corrected chi connectivity index (χ3v) is 3.48. The largest absolute Gasteiger partial charge is 0.476 e. The van der Waals surface area contributed by atoms with Crippen molar-refractivity contribution in [1.82, 2.24) is 15.0 Å². The highest BCUT2D eigenvalue weighted by Crippen LogP contribution is 2.23. The maximum atomic E-state index is 11.4. The van der Waals surface area contributed by atoms with Crippen LogP contribution in [0.3, 0.4) is 0 Å². The molecule has 0 saturated carbocycles. The molecule has 0 aliphatic rings. The number of hydrogen-bond donors (Lipinski definition) is 1. The van der Waals surface area contributed by atoms with E-state index in [1.807, 2.05) is 42.5 Å². The first-order chi connectivity index (χ1) is 10.6. The lowest BCUT2D eigenvalue weighted by atomic mass is 10.1. The van der Waals surface area contributed by atoms with Crippen LogP contribution < -0.4 is 0 Å². The van der Waals surface area contributed by atoms with Crippen LogP contribution in [-0.4, -0.2) is 26.1 Å². The van der Waals surface area contributed by atoms with E-state index in [2.05, 4.69) is 10.3 Å². The Balaban J connectivity index is 2.05. The fourth-order valence-corrected chi connectivity index (χ4v) is 2.34. The molecule has 0 aliphatic carbocycles. The van der Waals surface area contributed by atoms with E-state index in [-0.39, 0.29) is 5.69 Å². The molecule has 5 nitrogen and oxygen atoms in total. The first kappa shape index (κ1) is 14.3. The molecule has 0 unspecified atom stereocenters. The van der Waals surface area contributed by atoms with E-state index in [9.17, 15) is 9.90 Å². The van der Waals surface area contributed by atoms with Crippen LogP contribution >= 0.6 is 11.6 Å². The number of carboxylic acid groups (broad SMARTS) is 1. The van der Waals surface area contributed by atoms with E-state index in [4.69, 9.17) is 11.6 Å². The molecular formula is C16H12ClN3O2. The number of nitrogens with zero attached hydrogens (tertiary/aromatic N) is 3. The highest BCUT2D eigenvalue weighted by Gasteiger charge is 2.20. The van der Waals surface area contributed by atoms with Crippen LogP contribution in [0.4, 0.5) is 0 Å². The number of carbonyl (C=O) groups is 1. The van der Waals surface area contributed by atoms with Gasteiger partial charge < -0.3 is 5.11 Å². The minimum Gasteiger partial charge on any atom is -0.476 e. The highest BCUT2D eigenvalue weighted by atomic mass is 35.5. The predicted molar refractivity (Wildman–Crippen MR) is 83.0 cm³/mol. The second-order valence-electron chi connectivity index (χ2n) is 4.74. The topological polar surface area (TPSA) is 68.0 Å². The van der Waals surface area contributed by atoms with Gasteiger partial charge in [-0.15, -0.1) is 5.10 Å². The van der Waals surface area contributed by atoms with Gasteiger partial charge in [0.15, 0.2) is 5.69 Å². The summed E-state index contributed by atoms with van der Waals surface area (Å²) in [5.41, 5.74) is 2.16. The highest BCUT2D eigenvalue weighted by molar-refractivity contribution is 6.30. The molecule has 6 heteroatoms. The molecule has 0 bridgehead atoms. The zero-order valence-electron chi connectivity index (χ0n) is 11.5. The molecule has 2 aromatic carbocycles. The van der Waals surface area contributed by atoms with Crippen LogP contribution in [0.5, 0.6) is 0 Å². The average Bonchev–Trinajstić information content (AvgIpc) is 2.94. The summed E-state index contributed by atoms with van der Waals surface area (Å²) in [6.45, 7) is 0.418. The van der Waals surface area contributed by atoms with Gasteiger partial charge in [0.1, 0.15) is 5.69 Å². The molecule has 110 valence electrons. The molecular weight excluding hydrogens is 302 g/mol. The zero-order chi connectivity index (χ0) is 15.5.